The molecule has 0 spiro atoms. The molecule has 0 bridgehead atoms. The number of carbonyl (C=O) groups excluding carboxylic acids is 3. The third kappa shape index (κ3) is 4.53. The number of carbonyl (C=O) groups is 4. The topological polar surface area (TPSA) is 147 Å². The predicted molar refractivity (Wildman–Crippen MR) is 107 cm³/mol. The summed E-state index contributed by atoms with van der Waals surface area (Å²) < 4.78 is 1.28. The van der Waals surface area contributed by atoms with Crippen LogP contribution in [0.15, 0.2) is 23.0 Å². The summed E-state index contributed by atoms with van der Waals surface area (Å²) in [5.41, 5.74) is 0.248. The molecule has 0 radical (unpaired) electrons. The van der Waals surface area contributed by atoms with E-state index < -0.39 is 23.5 Å². The van der Waals surface area contributed by atoms with E-state index in [2.05, 4.69) is 15.6 Å². The van der Waals surface area contributed by atoms with Gasteiger partial charge in [0.25, 0.3) is 5.56 Å². The summed E-state index contributed by atoms with van der Waals surface area (Å²) in [5.74, 6) is -1.82. The van der Waals surface area contributed by atoms with Crippen LogP contribution < -0.4 is 16.2 Å². The monoisotopic (exact) mass is 414 g/mol. The first-order chi connectivity index (χ1) is 14.3. The summed E-state index contributed by atoms with van der Waals surface area (Å²) in [6.07, 6.45) is 1.33. The van der Waals surface area contributed by atoms with Gasteiger partial charge >= 0.3 is 5.97 Å². The zero-order chi connectivity index (χ0) is 21.8. The Hall–Kier alpha value is -3.56. The second kappa shape index (κ2) is 8.85. The molecule has 1 aliphatic heterocycles. The molecule has 3 N–H and O–H groups in total. The second-order valence-electron chi connectivity index (χ2n) is 7.15. The first kappa shape index (κ1) is 21.2. The average Bonchev–Trinajstić information content (AvgIpc) is 2.67. The standard InChI is InChI=1S/C20H22N4O6/c1-11-21-18-12(20(30)24(11)14-9-10-16(26)23-19(14)29)5-4-6-13(18)22-15(25)7-2-3-8-17(27)28/h4-6,14H,2-3,7-10H2,1H3,(H,22,25)(H,27,28)(H,23,26,29). The molecule has 3 amide bonds. The fourth-order valence-electron chi connectivity index (χ4n) is 3.50. The van der Waals surface area contributed by atoms with E-state index in [0.29, 0.717) is 29.9 Å². The lowest BCUT2D eigenvalue weighted by Gasteiger charge is -2.24. The second-order valence-corrected chi connectivity index (χ2v) is 7.15. The number of imide groups is 1. The molecule has 30 heavy (non-hydrogen) atoms. The van der Waals surface area contributed by atoms with E-state index >= 15 is 0 Å². The van der Waals surface area contributed by atoms with E-state index in [1.165, 1.54) is 4.57 Å². The minimum Gasteiger partial charge on any atom is -0.481 e. The van der Waals surface area contributed by atoms with Crippen molar-refractivity contribution in [1.29, 1.82) is 0 Å². The Morgan fingerprint density at radius 2 is 1.97 bits per heavy atom. The number of hydrogen-bond donors (Lipinski definition) is 3. The van der Waals surface area contributed by atoms with Gasteiger partial charge in [-0.2, -0.15) is 0 Å². The highest BCUT2D eigenvalue weighted by Crippen LogP contribution is 2.23. The molecule has 10 nitrogen and oxygen atoms in total. The molecule has 1 fully saturated rings. The van der Waals surface area contributed by atoms with Gasteiger partial charge in [0.2, 0.25) is 17.7 Å². The minimum atomic E-state index is -0.906. The van der Waals surface area contributed by atoms with Gasteiger partial charge in [0, 0.05) is 19.3 Å². The number of anilines is 1. The molecule has 0 aliphatic carbocycles. The zero-order valence-corrected chi connectivity index (χ0v) is 16.4. The van der Waals surface area contributed by atoms with Crippen LogP contribution in [0.4, 0.5) is 5.69 Å². The van der Waals surface area contributed by atoms with E-state index in [0.717, 1.165) is 0 Å². The van der Waals surface area contributed by atoms with Crippen LogP contribution in [0, 0.1) is 6.92 Å². The number of rotatable bonds is 7. The lowest BCUT2D eigenvalue weighted by atomic mass is 10.1. The minimum absolute atomic E-state index is 0.00216. The number of carboxylic acids is 1. The van der Waals surface area contributed by atoms with Crippen molar-refractivity contribution in [2.45, 2.75) is 51.5 Å². The highest BCUT2D eigenvalue weighted by molar-refractivity contribution is 6.01. The Bertz CT molecular complexity index is 1090. The molecule has 1 aromatic heterocycles. The molecule has 2 heterocycles. The fraction of sp³-hybridized carbons (Fsp3) is 0.400. The van der Waals surface area contributed by atoms with Crippen LogP contribution in [0.5, 0.6) is 0 Å². The van der Waals surface area contributed by atoms with Crippen LogP contribution in [-0.4, -0.2) is 38.3 Å². The molecule has 1 atom stereocenters. The number of benzene rings is 1. The molecule has 1 unspecified atom stereocenters. The average molecular weight is 414 g/mol. The maximum absolute atomic E-state index is 13.1. The van der Waals surface area contributed by atoms with Gasteiger partial charge < -0.3 is 10.4 Å². The van der Waals surface area contributed by atoms with Gasteiger partial charge in [0.15, 0.2) is 0 Å². The van der Waals surface area contributed by atoms with Gasteiger partial charge in [-0.25, -0.2) is 4.98 Å². The van der Waals surface area contributed by atoms with Gasteiger partial charge in [-0.15, -0.1) is 0 Å². The van der Waals surface area contributed by atoms with Crippen LogP contribution in [0.1, 0.15) is 50.4 Å². The molecule has 0 saturated carbocycles. The van der Waals surface area contributed by atoms with Crippen LogP contribution in [0.25, 0.3) is 10.9 Å². The summed E-state index contributed by atoms with van der Waals surface area (Å²) >= 11 is 0. The third-order valence-corrected chi connectivity index (χ3v) is 4.95. The van der Waals surface area contributed by atoms with Crippen LogP contribution >= 0.6 is 0 Å². The summed E-state index contributed by atoms with van der Waals surface area (Å²) in [6.45, 7) is 1.59. The van der Waals surface area contributed by atoms with Crippen molar-refractivity contribution in [2.24, 2.45) is 0 Å². The summed E-state index contributed by atoms with van der Waals surface area (Å²) in [5, 5.41) is 13.9. The van der Waals surface area contributed by atoms with Crippen LogP contribution in [0.3, 0.4) is 0 Å². The Morgan fingerprint density at radius 1 is 1.23 bits per heavy atom. The highest BCUT2D eigenvalue weighted by Gasteiger charge is 2.30. The van der Waals surface area contributed by atoms with Gasteiger partial charge in [-0.3, -0.25) is 33.9 Å². The van der Waals surface area contributed by atoms with E-state index in [1.54, 1.807) is 25.1 Å². The Balaban J connectivity index is 1.86. The zero-order valence-electron chi connectivity index (χ0n) is 16.4. The summed E-state index contributed by atoms with van der Waals surface area (Å²) in [7, 11) is 0. The van der Waals surface area contributed by atoms with E-state index in [4.69, 9.17) is 5.11 Å². The van der Waals surface area contributed by atoms with Crippen molar-refractivity contribution in [3.05, 3.63) is 34.4 Å². The SMILES string of the molecule is Cc1nc2c(NC(=O)CCCCC(=O)O)cccc2c(=O)n1C1CCC(=O)NC1=O. The lowest BCUT2D eigenvalue weighted by molar-refractivity contribution is -0.138. The van der Waals surface area contributed by atoms with E-state index in [-0.39, 0.29) is 42.9 Å². The first-order valence-electron chi connectivity index (χ1n) is 9.65. The molecule has 2 aromatic rings. The van der Waals surface area contributed by atoms with Gasteiger partial charge in [-0.05, 0) is 38.3 Å². The predicted octanol–water partition coefficient (Wildman–Crippen LogP) is 1.27. The summed E-state index contributed by atoms with van der Waals surface area (Å²) in [6, 6.07) is 3.98. The number of carboxylic acid groups (broad SMARTS) is 1. The summed E-state index contributed by atoms with van der Waals surface area (Å²) in [4.78, 5) is 63.9. The fourth-order valence-corrected chi connectivity index (χ4v) is 3.50. The number of fused-ring (bicyclic) bond motifs is 1. The van der Waals surface area contributed by atoms with Crippen molar-refractivity contribution in [1.82, 2.24) is 14.9 Å². The number of unbranched alkanes of at least 4 members (excludes halogenated alkanes) is 1. The van der Waals surface area contributed by atoms with Crippen LogP contribution in [0.2, 0.25) is 0 Å². The largest absolute Gasteiger partial charge is 0.481 e. The van der Waals surface area contributed by atoms with Crippen LogP contribution in [-0.2, 0) is 19.2 Å². The number of aliphatic carboxylic acids is 1. The Morgan fingerprint density at radius 3 is 2.67 bits per heavy atom. The van der Waals surface area contributed by atoms with Crippen molar-refractivity contribution in [2.75, 3.05) is 5.32 Å². The van der Waals surface area contributed by atoms with Gasteiger partial charge in [0.05, 0.1) is 11.1 Å². The molecule has 3 rings (SSSR count). The number of para-hydroxylation sites is 1. The molecule has 1 aromatic carbocycles. The quantitative estimate of drug-likeness (QED) is 0.456. The van der Waals surface area contributed by atoms with E-state index in [1.807, 2.05) is 0 Å². The van der Waals surface area contributed by atoms with Crippen molar-refractivity contribution < 1.29 is 24.3 Å². The number of amides is 3. The van der Waals surface area contributed by atoms with Gasteiger partial charge in [0.1, 0.15) is 17.4 Å². The normalized spacial score (nSPS) is 16.4. The van der Waals surface area contributed by atoms with Crippen molar-refractivity contribution in [3.8, 4) is 0 Å². The molecule has 158 valence electrons. The maximum Gasteiger partial charge on any atom is 0.303 e. The van der Waals surface area contributed by atoms with E-state index in [9.17, 15) is 24.0 Å². The van der Waals surface area contributed by atoms with Crippen molar-refractivity contribution in [3.63, 3.8) is 0 Å². The van der Waals surface area contributed by atoms with Gasteiger partial charge in [-0.1, -0.05) is 6.07 Å². The number of aromatic nitrogens is 2. The first-order valence-corrected chi connectivity index (χ1v) is 9.65. The molecular weight excluding hydrogens is 392 g/mol. The molecule has 1 aliphatic rings. The number of piperidine rings is 1. The maximum atomic E-state index is 13.1. The number of nitrogens with one attached hydrogen (secondary N) is 2. The molecule has 10 heteroatoms. The Labute approximate surface area is 171 Å². The Kier molecular flexibility index (Phi) is 6.24. The third-order valence-electron chi connectivity index (χ3n) is 4.95. The highest BCUT2D eigenvalue weighted by atomic mass is 16.4. The smallest absolute Gasteiger partial charge is 0.303 e. The molecule has 1 saturated heterocycles. The molecular formula is C20H22N4O6. The number of aryl methyl sites for hydroxylation is 1. The lowest BCUT2D eigenvalue weighted by Crippen LogP contribution is -2.45. The van der Waals surface area contributed by atoms with Crippen molar-refractivity contribution >= 4 is 40.3 Å². The number of nitrogens with zero attached hydrogens (tertiary/aromatic N) is 2. The number of hydrogen-bond acceptors (Lipinski definition) is 6.